The van der Waals surface area contributed by atoms with Gasteiger partial charge in [-0.2, -0.15) is 0 Å². The van der Waals surface area contributed by atoms with Crippen molar-refractivity contribution in [3.63, 3.8) is 0 Å². The first-order chi connectivity index (χ1) is 10.3. The van der Waals surface area contributed by atoms with Crippen LogP contribution in [0.5, 0.6) is 0 Å². The lowest BCUT2D eigenvalue weighted by molar-refractivity contribution is -0.130. The van der Waals surface area contributed by atoms with Gasteiger partial charge in [0, 0.05) is 19.6 Å². The minimum absolute atomic E-state index is 0.141. The van der Waals surface area contributed by atoms with E-state index in [1.54, 1.807) is 0 Å². The summed E-state index contributed by atoms with van der Waals surface area (Å²) in [6, 6.07) is 20.1. The summed E-state index contributed by atoms with van der Waals surface area (Å²) in [6.07, 6.45) is 1.30. The lowest BCUT2D eigenvalue weighted by Crippen LogP contribution is -2.37. The number of hydrogen-bond donors (Lipinski definition) is 1. The number of carbonyl (C=O) groups is 1. The molecule has 0 saturated heterocycles. The van der Waals surface area contributed by atoms with Crippen molar-refractivity contribution in [2.45, 2.75) is 12.8 Å². The second kappa shape index (κ2) is 8.22. The van der Waals surface area contributed by atoms with Crippen LogP contribution in [-0.2, 0) is 17.6 Å². The van der Waals surface area contributed by atoms with Crippen molar-refractivity contribution in [1.82, 2.24) is 4.90 Å². The van der Waals surface area contributed by atoms with Gasteiger partial charge in [-0.3, -0.25) is 4.79 Å². The normalized spacial score (nSPS) is 10.3. The fourth-order valence-corrected chi connectivity index (χ4v) is 2.31. The van der Waals surface area contributed by atoms with Crippen LogP contribution < -0.4 is 5.73 Å². The number of carbonyl (C=O) groups excluding carboxylic acids is 1. The van der Waals surface area contributed by atoms with Crippen molar-refractivity contribution in [2.24, 2.45) is 5.73 Å². The van der Waals surface area contributed by atoms with Gasteiger partial charge in [0.25, 0.3) is 0 Å². The van der Waals surface area contributed by atoms with Crippen LogP contribution in [0.15, 0.2) is 60.7 Å². The molecule has 0 unspecified atom stereocenters. The molecule has 0 aliphatic carbocycles. The number of rotatable bonds is 7. The smallest absolute Gasteiger partial charge is 0.227 e. The molecule has 0 aliphatic rings. The van der Waals surface area contributed by atoms with Gasteiger partial charge >= 0.3 is 0 Å². The number of nitrogens with zero attached hydrogens (tertiary/aromatic N) is 1. The summed E-state index contributed by atoms with van der Waals surface area (Å²) < 4.78 is 0. The van der Waals surface area contributed by atoms with Crippen molar-refractivity contribution in [2.75, 3.05) is 19.6 Å². The first-order valence-corrected chi connectivity index (χ1v) is 7.35. The summed E-state index contributed by atoms with van der Waals surface area (Å²) in [4.78, 5) is 14.3. The van der Waals surface area contributed by atoms with E-state index >= 15 is 0 Å². The minimum atomic E-state index is 0.141. The van der Waals surface area contributed by atoms with E-state index in [9.17, 15) is 4.79 Å². The van der Waals surface area contributed by atoms with Gasteiger partial charge in [-0.25, -0.2) is 0 Å². The second-order valence-electron chi connectivity index (χ2n) is 5.07. The van der Waals surface area contributed by atoms with Crippen molar-refractivity contribution in [1.29, 1.82) is 0 Å². The summed E-state index contributed by atoms with van der Waals surface area (Å²) in [5.74, 6) is 0.141. The Bertz CT molecular complexity index is 540. The van der Waals surface area contributed by atoms with Gasteiger partial charge in [0.1, 0.15) is 0 Å². The molecule has 0 bridgehead atoms. The van der Waals surface area contributed by atoms with Crippen LogP contribution in [-0.4, -0.2) is 30.4 Å². The first kappa shape index (κ1) is 15.3. The van der Waals surface area contributed by atoms with Gasteiger partial charge < -0.3 is 10.6 Å². The Labute approximate surface area is 126 Å². The number of amides is 1. The highest BCUT2D eigenvalue weighted by molar-refractivity contribution is 5.78. The molecule has 0 saturated carbocycles. The summed E-state index contributed by atoms with van der Waals surface area (Å²) >= 11 is 0. The maximum Gasteiger partial charge on any atom is 0.227 e. The molecule has 1 amide bonds. The zero-order valence-electron chi connectivity index (χ0n) is 12.2. The molecule has 0 atom stereocenters. The SMILES string of the molecule is NCCN(CCc1ccccc1)C(=O)Cc1ccccc1. The summed E-state index contributed by atoms with van der Waals surface area (Å²) in [6.45, 7) is 1.82. The third-order valence-electron chi connectivity index (χ3n) is 3.46. The molecule has 110 valence electrons. The maximum atomic E-state index is 12.4. The Morgan fingerprint density at radius 2 is 1.43 bits per heavy atom. The topological polar surface area (TPSA) is 46.3 Å². The van der Waals surface area contributed by atoms with E-state index in [-0.39, 0.29) is 5.91 Å². The van der Waals surface area contributed by atoms with Gasteiger partial charge in [-0.05, 0) is 17.5 Å². The van der Waals surface area contributed by atoms with E-state index in [4.69, 9.17) is 5.73 Å². The molecule has 21 heavy (non-hydrogen) atoms. The molecular formula is C18H22N2O. The molecule has 2 rings (SSSR count). The van der Waals surface area contributed by atoms with Crippen LogP contribution in [0.2, 0.25) is 0 Å². The molecule has 0 fully saturated rings. The van der Waals surface area contributed by atoms with Crippen LogP contribution >= 0.6 is 0 Å². The molecule has 0 radical (unpaired) electrons. The van der Waals surface area contributed by atoms with E-state index < -0.39 is 0 Å². The Kier molecular flexibility index (Phi) is 5.98. The molecule has 2 aromatic carbocycles. The molecule has 0 heterocycles. The standard InChI is InChI=1S/C18H22N2O/c19-12-14-20(13-11-16-7-3-1-4-8-16)18(21)15-17-9-5-2-6-10-17/h1-10H,11-15,19H2. The molecule has 3 nitrogen and oxygen atoms in total. The predicted octanol–water partition coefficient (Wildman–Crippen LogP) is 2.26. The number of benzene rings is 2. The van der Waals surface area contributed by atoms with E-state index in [0.717, 1.165) is 12.0 Å². The molecule has 2 N–H and O–H groups in total. The highest BCUT2D eigenvalue weighted by Crippen LogP contribution is 2.05. The molecule has 0 aromatic heterocycles. The van der Waals surface area contributed by atoms with E-state index in [1.807, 2.05) is 53.4 Å². The van der Waals surface area contributed by atoms with Crippen molar-refractivity contribution in [3.05, 3.63) is 71.8 Å². The molecular weight excluding hydrogens is 260 g/mol. The molecule has 0 aliphatic heterocycles. The summed E-state index contributed by atoms with van der Waals surface area (Å²) in [5, 5.41) is 0. The fraction of sp³-hybridized carbons (Fsp3) is 0.278. The van der Waals surface area contributed by atoms with E-state index in [1.165, 1.54) is 5.56 Å². The van der Waals surface area contributed by atoms with Crippen LogP contribution in [0.3, 0.4) is 0 Å². The Morgan fingerprint density at radius 3 is 2.00 bits per heavy atom. The zero-order valence-corrected chi connectivity index (χ0v) is 12.2. The molecule has 2 aromatic rings. The van der Waals surface area contributed by atoms with Crippen molar-refractivity contribution in [3.8, 4) is 0 Å². The van der Waals surface area contributed by atoms with Gasteiger partial charge in [0.15, 0.2) is 0 Å². The second-order valence-corrected chi connectivity index (χ2v) is 5.07. The van der Waals surface area contributed by atoms with Crippen molar-refractivity contribution >= 4 is 5.91 Å². The minimum Gasteiger partial charge on any atom is -0.341 e. The highest BCUT2D eigenvalue weighted by atomic mass is 16.2. The quantitative estimate of drug-likeness (QED) is 0.846. The van der Waals surface area contributed by atoms with Crippen molar-refractivity contribution < 1.29 is 4.79 Å². The lowest BCUT2D eigenvalue weighted by Gasteiger charge is -2.22. The largest absolute Gasteiger partial charge is 0.341 e. The highest BCUT2D eigenvalue weighted by Gasteiger charge is 2.13. The Hall–Kier alpha value is -2.13. The summed E-state index contributed by atoms with van der Waals surface area (Å²) in [7, 11) is 0. The van der Waals surface area contributed by atoms with E-state index in [2.05, 4.69) is 12.1 Å². The fourth-order valence-electron chi connectivity index (χ4n) is 2.31. The molecule has 0 spiro atoms. The van der Waals surface area contributed by atoms with Crippen LogP contribution in [0.25, 0.3) is 0 Å². The van der Waals surface area contributed by atoms with Gasteiger partial charge in [-0.1, -0.05) is 60.7 Å². The third-order valence-corrected chi connectivity index (χ3v) is 3.46. The Balaban J connectivity index is 1.93. The summed E-state index contributed by atoms with van der Waals surface area (Å²) in [5.41, 5.74) is 7.92. The zero-order chi connectivity index (χ0) is 14.9. The molecule has 3 heteroatoms. The Morgan fingerprint density at radius 1 is 0.857 bits per heavy atom. The monoisotopic (exact) mass is 282 g/mol. The average Bonchev–Trinajstić information content (AvgIpc) is 2.53. The predicted molar refractivity (Wildman–Crippen MR) is 85.9 cm³/mol. The number of nitrogens with two attached hydrogens (primary N) is 1. The third kappa shape index (κ3) is 5.04. The average molecular weight is 282 g/mol. The maximum absolute atomic E-state index is 12.4. The van der Waals surface area contributed by atoms with Crippen LogP contribution in [0, 0.1) is 0 Å². The van der Waals surface area contributed by atoms with Gasteiger partial charge in [0.05, 0.1) is 6.42 Å². The van der Waals surface area contributed by atoms with Crippen LogP contribution in [0.1, 0.15) is 11.1 Å². The van der Waals surface area contributed by atoms with Gasteiger partial charge in [-0.15, -0.1) is 0 Å². The number of hydrogen-bond acceptors (Lipinski definition) is 2. The lowest BCUT2D eigenvalue weighted by atomic mass is 10.1. The van der Waals surface area contributed by atoms with Gasteiger partial charge in [0.2, 0.25) is 5.91 Å². The first-order valence-electron chi connectivity index (χ1n) is 7.35. The van der Waals surface area contributed by atoms with E-state index in [0.29, 0.717) is 26.1 Å². The van der Waals surface area contributed by atoms with Crippen LogP contribution in [0.4, 0.5) is 0 Å².